The van der Waals surface area contributed by atoms with E-state index in [0.717, 1.165) is 35.1 Å². The summed E-state index contributed by atoms with van der Waals surface area (Å²) < 4.78 is 11.9. The van der Waals surface area contributed by atoms with Crippen molar-refractivity contribution in [1.82, 2.24) is 0 Å². The first-order valence-electron chi connectivity index (χ1n) is 11.5. The van der Waals surface area contributed by atoms with Crippen molar-refractivity contribution < 1.29 is 14.3 Å². The van der Waals surface area contributed by atoms with Crippen LogP contribution in [0, 0.1) is 13.8 Å². The maximum Gasteiger partial charge on any atom is 0.154 e. The molecule has 3 heteroatoms. The molecule has 0 bridgehead atoms. The van der Waals surface area contributed by atoms with Crippen molar-refractivity contribution in [2.24, 2.45) is 0 Å². The molecule has 0 spiro atoms. The van der Waals surface area contributed by atoms with Gasteiger partial charge < -0.3 is 9.47 Å². The maximum atomic E-state index is 11.7. The van der Waals surface area contributed by atoms with Crippen molar-refractivity contribution in [1.29, 1.82) is 0 Å². The summed E-state index contributed by atoms with van der Waals surface area (Å²) in [6, 6.07) is 0. The van der Waals surface area contributed by atoms with Crippen molar-refractivity contribution in [2.45, 2.75) is 104 Å². The number of carbonyl (C=O) groups excluding carboxylic acids is 1. The van der Waals surface area contributed by atoms with Crippen LogP contribution in [0.25, 0.3) is 6.08 Å². The Labute approximate surface area is 177 Å². The van der Waals surface area contributed by atoms with Gasteiger partial charge in [0.15, 0.2) is 6.29 Å². The molecule has 2 rings (SSSR count). The second kappa shape index (κ2) is 11.4. The smallest absolute Gasteiger partial charge is 0.154 e. The van der Waals surface area contributed by atoms with Crippen molar-refractivity contribution in [2.75, 3.05) is 7.11 Å². The van der Waals surface area contributed by atoms with E-state index < -0.39 is 0 Å². The van der Waals surface area contributed by atoms with Crippen LogP contribution >= 0.6 is 0 Å². The molecule has 0 saturated carbocycles. The number of benzene rings is 1. The predicted molar refractivity (Wildman–Crippen MR) is 122 cm³/mol. The molecule has 0 fully saturated rings. The average Bonchev–Trinajstić information content (AvgIpc) is 2.72. The number of carbonyl (C=O) groups is 1. The summed E-state index contributed by atoms with van der Waals surface area (Å²) in [6.07, 6.45) is 19.4. The minimum absolute atomic E-state index is 0.306. The highest BCUT2D eigenvalue weighted by Gasteiger charge is 2.31. The number of ether oxygens (including phenoxy) is 2. The first-order chi connectivity index (χ1) is 14.0. The third-order valence-corrected chi connectivity index (χ3v) is 6.31. The van der Waals surface area contributed by atoms with Crippen molar-refractivity contribution in [3.8, 4) is 11.5 Å². The average molecular weight is 401 g/mol. The lowest BCUT2D eigenvalue weighted by molar-refractivity contribution is 0.110. The van der Waals surface area contributed by atoms with Crippen molar-refractivity contribution in [3.05, 3.63) is 28.3 Å². The third kappa shape index (κ3) is 6.10. The SMILES string of the molecule is CCCCCCCCCCCCC1(C)C=Cc2c(C=O)c(OC)c(C)c(C)c2O1. The Balaban J connectivity index is 1.86. The summed E-state index contributed by atoms with van der Waals surface area (Å²) in [6.45, 7) is 8.46. The highest BCUT2D eigenvalue weighted by molar-refractivity contribution is 5.90. The van der Waals surface area contributed by atoms with E-state index in [1.807, 2.05) is 19.9 Å². The number of hydrogen-bond acceptors (Lipinski definition) is 3. The quantitative estimate of drug-likeness (QED) is 0.252. The Morgan fingerprint density at radius 2 is 1.55 bits per heavy atom. The van der Waals surface area contributed by atoms with Gasteiger partial charge in [-0.2, -0.15) is 0 Å². The van der Waals surface area contributed by atoms with E-state index in [1.165, 1.54) is 64.2 Å². The Kier molecular flexibility index (Phi) is 9.26. The van der Waals surface area contributed by atoms with Crippen LogP contribution in [0.15, 0.2) is 6.08 Å². The number of fused-ring (bicyclic) bond motifs is 1. The Morgan fingerprint density at radius 1 is 0.966 bits per heavy atom. The van der Waals surface area contributed by atoms with Crippen LogP contribution < -0.4 is 9.47 Å². The number of hydrogen-bond donors (Lipinski definition) is 0. The minimum atomic E-state index is -0.306. The standard InChI is InChI=1S/C26H40O3/c1-6-7-8-9-10-11-12-13-14-15-17-26(4)18-16-22-23(19-27)24(28-5)20(2)21(3)25(22)29-26/h16,18-19H,6-15,17H2,1-5H3. The number of rotatable bonds is 13. The van der Waals surface area contributed by atoms with Gasteiger partial charge in [-0.25, -0.2) is 0 Å². The first kappa shape index (κ1) is 23.5. The highest BCUT2D eigenvalue weighted by Crippen LogP contribution is 2.43. The van der Waals surface area contributed by atoms with Gasteiger partial charge in [0.25, 0.3) is 0 Å². The molecular weight excluding hydrogens is 360 g/mol. The van der Waals surface area contributed by atoms with Crippen LogP contribution in [0.5, 0.6) is 11.5 Å². The lowest BCUT2D eigenvalue weighted by atomic mass is 9.89. The lowest BCUT2D eigenvalue weighted by Crippen LogP contribution is -2.32. The molecule has 0 amide bonds. The Hall–Kier alpha value is -1.77. The van der Waals surface area contributed by atoms with Crippen LogP contribution in [0.2, 0.25) is 0 Å². The molecule has 1 aromatic carbocycles. The molecule has 0 N–H and O–H groups in total. The minimum Gasteiger partial charge on any atom is -0.496 e. The lowest BCUT2D eigenvalue weighted by Gasteiger charge is -2.34. The van der Waals surface area contributed by atoms with Crippen LogP contribution in [0.1, 0.15) is 112 Å². The summed E-state index contributed by atoms with van der Waals surface area (Å²) in [5.41, 5.74) is 3.16. The number of unbranched alkanes of at least 4 members (excludes halogenated alkanes) is 9. The summed E-state index contributed by atoms with van der Waals surface area (Å²) >= 11 is 0. The zero-order valence-electron chi connectivity index (χ0n) is 19.2. The Morgan fingerprint density at radius 3 is 2.10 bits per heavy atom. The molecule has 1 aromatic rings. The van der Waals surface area contributed by atoms with Gasteiger partial charge in [0.05, 0.1) is 12.7 Å². The summed E-state index contributed by atoms with van der Waals surface area (Å²) in [5, 5.41) is 0. The molecule has 0 aliphatic carbocycles. The molecule has 0 aromatic heterocycles. The Bertz CT molecular complexity index is 705. The van der Waals surface area contributed by atoms with Gasteiger partial charge in [-0.05, 0) is 50.8 Å². The van der Waals surface area contributed by atoms with Gasteiger partial charge in [0.2, 0.25) is 0 Å². The molecule has 1 unspecified atom stereocenters. The molecule has 29 heavy (non-hydrogen) atoms. The maximum absolute atomic E-state index is 11.7. The van der Waals surface area contributed by atoms with Crippen LogP contribution in [-0.4, -0.2) is 19.0 Å². The highest BCUT2D eigenvalue weighted by atomic mass is 16.5. The van der Waals surface area contributed by atoms with E-state index in [2.05, 4.69) is 19.9 Å². The third-order valence-electron chi connectivity index (χ3n) is 6.31. The normalized spacial score (nSPS) is 17.7. The van der Waals surface area contributed by atoms with Crippen LogP contribution in [-0.2, 0) is 0 Å². The van der Waals surface area contributed by atoms with Crippen LogP contribution in [0.4, 0.5) is 0 Å². The second-order valence-electron chi connectivity index (χ2n) is 8.74. The molecule has 1 atom stereocenters. The molecular formula is C26H40O3. The van der Waals surface area contributed by atoms with Gasteiger partial charge in [0.1, 0.15) is 17.1 Å². The van der Waals surface area contributed by atoms with Crippen molar-refractivity contribution >= 4 is 12.4 Å². The van der Waals surface area contributed by atoms with E-state index in [9.17, 15) is 4.79 Å². The second-order valence-corrected chi connectivity index (χ2v) is 8.74. The molecule has 3 nitrogen and oxygen atoms in total. The van der Waals surface area contributed by atoms with Gasteiger partial charge in [-0.3, -0.25) is 4.79 Å². The molecule has 162 valence electrons. The van der Waals surface area contributed by atoms with Crippen molar-refractivity contribution in [3.63, 3.8) is 0 Å². The monoisotopic (exact) mass is 400 g/mol. The summed E-state index contributed by atoms with van der Waals surface area (Å²) in [4.78, 5) is 11.7. The van der Waals surface area contributed by atoms with Gasteiger partial charge in [-0.1, -0.05) is 70.8 Å². The summed E-state index contributed by atoms with van der Waals surface area (Å²) in [5.74, 6) is 1.49. The molecule has 1 aliphatic rings. The first-order valence-corrected chi connectivity index (χ1v) is 11.5. The van der Waals surface area contributed by atoms with E-state index >= 15 is 0 Å². The molecule has 0 radical (unpaired) electrons. The van der Waals surface area contributed by atoms with Gasteiger partial charge >= 0.3 is 0 Å². The van der Waals surface area contributed by atoms with Crippen LogP contribution in [0.3, 0.4) is 0 Å². The van der Waals surface area contributed by atoms with E-state index in [0.29, 0.717) is 11.3 Å². The molecule has 1 heterocycles. The molecule has 1 aliphatic heterocycles. The van der Waals surface area contributed by atoms with E-state index in [-0.39, 0.29) is 5.60 Å². The number of aldehydes is 1. The fourth-order valence-electron chi connectivity index (χ4n) is 4.29. The van der Waals surface area contributed by atoms with Gasteiger partial charge in [0, 0.05) is 5.56 Å². The topological polar surface area (TPSA) is 35.5 Å². The largest absolute Gasteiger partial charge is 0.496 e. The predicted octanol–water partition coefficient (Wildman–Crippen LogP) is 7.60. The zero-order chi connectivity index (χ0) is 21.3. The fraction of sp³-hybridized carbons (Fsp3) is 0.654. The van der Waals surface area contributed by atoms with E-state index in [1.54, 1.807) is 7.11 Å². The van der Waals surface area contributed by atoms with Gasteiger partial charge in [-0.15, -0.1) is 0 Å². The summed E-state index contributed by atoms with van der Waals surface area (Å²) in [7, 11) is 1.61. The van der Waals surface area contributed by atoms with E-state index in [4.69, 9.17) is 9.47 Å². The fourth-order valence-corrected chi connectivity index (χ4v) is 4.29. The zero-order valence-corrected chi connectivity index (χ0v) is 19.2. The number of methoxy groups -OCH3 is 1. The molecule has 0 saturated heterocycles.